The molecule has 0 saturated heterocycles. The fourth-order valence-electron chi connectivity index (χ4n) is 2.10. The first-order valence-electron chi connectivity index (χ1n) is 6.84. The zero-order valence-electron chi connectivity index (χ0n) is 12.2. The van der Waals surface area contributed by atoms with Crippen molar-refractivity contribution < 1.29 is 9.90 Å². The van der Waals surface area contributed by atoms with E-state index in [0.29, 0.717) is 29.7 Å². The predicted molar refractivity (Wildman–Crippen MR) is 91.6 cm³/mol. The Morgan fingerprint density at radius 2 is 1.91 bits per heavy atom. The third-order valence-electron chi connectivity index (χ3n) is 3.16. The lowest BCUT2D eigenvalue weighted by atomic mass is 9.92. The van der Waals surface area contributed by atoms with Gasteiger partial charge in [0.05, 0.1) is 16.0 Å². The maximum atomic E-state index is 11.6. The molecule has 0 amide bonds. The van der Waals surface area contributed by atoms with E-state index in [1.54, 1.807) is 30.4 Å². The molecule has 0 spiro atoms. The molecule has 0 aliphatic rings. The number of hydrogen-bond donors (Lipinski definition) is 3. The number of carbonyl (C=O) groups is 1. The van der Waals surface area contributed by atoms with Crippen molar-refractivity contribution >= 4 is 29.2 Å². The summed E-state index contributed by atoms with van der Waals surface area (Å²) in [6.07, 6.45) is 3.37. The van der Waals surface area contributed by atoms with Gasteiger partial charge in [0.2, 0.25) is 0 Å². The van der Waals surface area contributed by atoms with Crippen LogP contribution in [0, 0.1) is 5.92 Å². The van der Waals surface area contributed by atoms with Gasteiger partial charge in [-0.25, -0.2) is 0 Å². The molecule has 3 N–H and O–H groups in total. The molecule has 0 aliphatic carbocycles. The van der Waals surface area contributed by atoms with Crippen LogP contribution in [0.15, 0.2) is 43.5 Å². The van der Waals surface area contributed by atoms with E-state index < -0.39 is 17.9 Å². The summed E-state index contributed by atoms with van der Waals surface area (Å²) >= 11 is 12.0. The molecule has 1 aromatic rings. The summed E-state index contributed by atoms with van der Waals surface area (Å²) in [5.41, 5.74) is 0.768. The highest BCUT2D eigenvalue weighted by molar-refractivity contribution is 6.42. The number of benzene rings is 1. The molecule has 0 bridgehead atoms. The molecule has 0 radical (unpaired) electrons. The number of hydrogen-bond acceptors (Lipinski definition) is 3. The lowest BCUT2D eigenvalue weighted by Gasteiger charge is -2.26. The number of carboxylic acids is 1. The first-order valence-corrected chi connectivity index (χ1v) is 7.60. The summed E-state index contributed by atoms with van der Waals surface area (Å²) in [7, 11) is 0. The fourth-order valence-corrected chi connectivity index (χ4v) is 2.40. The number of aliphatic carboxylic acids is 1. The molecular weight excluding hydrogens is 323 g/mol. The Bertz CT molecular complexity index is 535. The number of nitrogens with one attached hydrogen (secondary N) is 2. The highest BCUT2D eigenvalue weighted by Crippen LogP contribution is 2.29. The first kappa shape index (κ1) is 18.7. The third-order valence-corrected chi connectivity index (χ3v) is 3.90. The van der Waals surface area contributed by atoms with E-state index in [0.717, 1.165) is 5.56 Å². The zero-order valence-corrected chi connectivity index (χ0v) is 13.7. The van der Waals surface area contributed by atoms with E-state index in [4.69, 9.17) is 23.2 Å². The van der Waals surface area contributed by atoms with Crippen LogP contribution in [0.2, 0.25) is 10.0 Å². The molecule has 2 unspecified atom stereocenters. The van der Waals surface area contributed by atoms with Crippen LogP contribution in [0.25, 0.3) is 0 Å². The van der Waals surface area contributed by atoms with E-state index in [1.165, 1.54) is 0 Å². The topological polar surface area (TPSA) is 61.4 Å². The normalized spacial score (nSPS) is 13.4. The van der Waals surface area contributed by atoms with Crippen molar-refractivity contribution in [1.82, 2.24) is 10.6 Å². The zero-order chi connectivity index (χ0) is 16.5. The summed E-state index contributed by atoms with van der Waals surface area (Å²) in [5.74, 6) is -1.57. The molecule has 1 rings (SSSR count). The van der Waals surface area contributed by atoms with Crippen LogP contribution in [0.1, 0.15) is 11.6 Å². The van der Waals surface area contributed by atoms with Gasteiger partial charge in [0.15, 0.2) is 0 Å². The molecule has 6 heteroatoms. The van der Waals surface area contributed by atoms with Gasteiger partial charge in [0.1, 0.15) is 0 Å². The molecule has 22 heavy (non-hydrogen) atoms. The molecule has 0 heterocycles. The number of rotatable bonds is 10. The molecule has 0 saturated carbocycles. The SMILES string of the molecule is C=CCNCC(C(=O)O)C(NCC=C)c1ccc(Cl)c(Cl)c1. The van der Waals surface area contributed by atoms with Gasteiger partial charge in [-0.1, -0.05) is 41.4 Å². The van der Waals surface area contributed by atoms with Crippen molar-refractivity contribution in [2.75, 3.05) is 19.6 Å². The Morgan fingerprint density at radius 1 is 1.23 bits per heavy atom. The Morgan fingerprint density at radius 3 is 2.45 bits per heavy atom. The molecule has 0 aliphatic heterocycles. The summed E-state index contributed by atoms with van der Waals surface area (Å²) < 4.78 is 0. The largest absolute Gasteiger partial charge is 0.481 e. The van der Waals surface area contributed by atoms with E-state index in [1.807, 2.05) is 0 Å². The third kappa shape index (κ3) is 5.46. The molecule has 120 valence electrons. The van der Waals surface area contributed by atoms with Crippen molar-refractivity contribution in [3.05, 3.63) is 59.1 Å². The molecular formula is C16H20Cl2N2O2. The molecule has 0 aromatic heterocycles. The highest BCUT2D eigenvalue weighted by atomic mass is 35.5. The van der Waals surface area contributed by atoms with E-state index >= 15 is 0 Å². The van der Waals surface area contributed by atoms with Gasteiger partial charge < -0.3 is 15.7 Å². The monoisotopic (exact) mass is 342 g/mol. The van der Waals surface area contributed by atoms with Crippen LogP contribution in [0.5, 0.6) is 0 Å². The van der Waals surface area contributed by atoms with Gasteiger partial charge in [-0.2, -0.15) is 0 Å². The van der Waals surface area contributed by atoms with Gasteiger partial charge >= 0.3 is 5.97 Å². The predicted octanol–water partition coefficient (Wildman–Crippen LogP) is 3.29. The minimum absolute atomic E-state index is 0.302. The second kappa shape index (κ2) is 9.64. The second-order valence-corrected chi connectivity index (χ2v) is 5.55. The van der Waals surface area contributed by atoms with Crippen molar-refractivity contribution in [2.45, 2.75) is 6.04 Å². The summed E-state index contributed by atoms with van der Waals surface area (Å²) in [4.78, 5) is 11.6. The molecule has 0 fully saturated rings. The van der Waals surface area contributed by atoms with Gasteiger partial charge in [-0.15, -0.1) is 13.2 Å². The fraction of sp³-hybridized carbons (Fsp3) is 0.312. The van der Waals surface area contributed by atoms with Crippen molar-refractivity contribution in [2.24, 2.45) is 5.92 Å². The van der Waals surface area contributed by atoms with Crippen molar-refractivity contribution in [3.8, 4) is 0 Å². The van der Waals surface area contributed by atoms with Crippen LogP contribution < -0.4 is 10.6 Å². The van der Waals surface area contributed by atoms with Crippen molar-refractivity contribution in [1.29, 1.82) is 0 Å². The van der Waals surface area contributed by atoms with Crippen LogP contribution in [-0.2, 0) is 4.79 Å². The lowest BCUT2D eigenvalue weighted by Crippen LogP contribution is -2.39. The van der Waals surface area contributed by atoms with Crippen molar-refractivity contribution in [3.63, 3.8) is 0 Å². The Kier molecular flexibility index (Phi) is 8.20. The van der Waals surface area contributed by atoms with Gasteiger partial charge in [-0.05, 0) is 17.7 Å². The molecule has 4 nitrogen and oxygen atoms in total. The number of halogens is 2. The smallest absolute Gasteiger partial charge is 0.309 e. The van der Waals surface area contributed by atoms with E-state index in [2.05, 4.69) is 23.8 Å². The summed E-state index contributed by atoms with van der Waals surface area (Å²) in [5, 5.41) is 16.6. The standard InChI is InChI=1S/C16H20Cl2N2O2/c1-3-7-19-10-12(16(21)22)15(20-8-4-2)11-5-6-13(17)14(18)9-11/h3-6,9,12,15,19-20H,1-2,7-8,10H2,(H,21,22). The van der Waals surface area contributed by atoms with Crippen LogP contribution in [0.4, 0.5) is 0 Å². The average Bonchev–Trinajstić information content (AvgIpc) is 2.48. The summed E-state index contributed by atoms with van der Waals surface area (Å²) in [6, 6.07) is 4.72. The minimum Gasteiger partial charge on any atom is -0.481 e. The van der Waals surface area contributed by atoms with Crippen LogP contribution >= 0.6 is 23.2 Å². The average molecular weight is 343 g/mol. The Hall–Kier alpha value is -1.33. The Balaban J connectivity index is 3.05. The Labute approximate surface area is 140 Å². The van der Waals surface area contributed by atoms with Gasteiger partial charge in [0.25, 0.3) is 0 Å². The van der Waals surface area contributed by atoms with Crippen LogP contribution in [0.3, 0.4) is 0 Å². The molecule has 2 atom stereocenters. The maximum absolute atomic E-state index is 11.6. The molecule has 1 aromatic carbocycles. The van der Waals surface area contributed by atoms with Gasteiger partial charge in [-0.3, -0.25) is 4.79 Å². The van der Waals surface area contributed by atoms with E-state index in [-0.39, 0.29) is 0 Å². The summed E-state index contributed by atoms with van der Waals surface area (Å²) in [6.45, 7) is 8.58. The highest BCUT2D eigenvalue weighted by Gasteiger charge is 2.29. The minimum atomic E-state index is -0.899. The van der Waals surface area contributed by atoms with Crippen LogP contribution in [-0.4, -0.2) is 30.7 Å². The maximum Gasteiger partial charge on any atom is 0.309 e. The van der Waals surface area contributed by atoms with Gasteiger partial charge in [0, 0.05) is 25.7 Å². The second-order valence-electron chi connectivity index (χ2n) is 4.74. The number of carboxylic acid groups (broad SMARTS) is 1. The van der Waals surface area contributed by atoms with E-state index in [9.17, 15) is 9.90 Å². The quantitative estimate of drug-likeness (QED) is 0.451. The first-order chi connectivity index (χ1) is 10.5. The lowest BCUT2D eigenvalue weighted by molar-refractivity contribution is -0.142.